The lowest BCUT2D eigenvalue weighted by atomic mass is 10.0. The zero-order valence-corrected chi connectivity index (χ0v) is 11.8. The minimum absolute atomic E-state index is 0.221. The van der Waals surface area contributed by atoms with Crippen molar-refractivity contribution < 1.29 is 8.91 Å². The van der Waals surface area contributed by atoms with Crippen LogP contribution in [0.15, 0.2) is 53.3 Å². The summed E-state index contributed by atoms with van der Waals surface area (Å²) in [5.41, 5.74) is 0.914. The summed E-state index contributed by atoms with van der Waals surface area (Å²) >= 11 is 0. The van der Waals surface area contributed by atoms with Gasteiger partial charge in [-0.3, -0.25) is 0 Å². The molecule has 6 heteroatoms. The first-order valence-electron chi connectivity index (χ1n) is 7.23. The summed E-state index contributed by atoms with van der Waals surface area (Å²) in [6, 6.07) is 10.1. The summed E-state index contributed by atoms with van der Waals surface area (Å²) < 4.78 is 20.6. The Bertz CT molecular complexity index is 747. The molecular formula is C16H15FN4O. The Morgan fingerprint density at radius 1 is 1.18 bits per heavy atom. The molecule has 0 amide bonds. The van der Waals surface area contributed by atoms with Crippen LogP contribution >= 0.6 is 0 Å². The van der Waals surface area contributed by atoms with Crippen LogP contribution in [0.1, 0.15) is 29.2 Å². The minimum Gasteiger partial charge on any atom is -0.339 e. The van der Waals surface area contributed by atoms with Crippen LogP contribution in [-0.4, -0.2) is 27.8 Å². The zero-order valence-electron chi connectivity index (χ0n) is 11.8. The van der Waals surface area contributed by atoms with Crippen LogP contribution in [0, 0.1) is 5.82 Å². The molecule has 4 rings (SSSR count). The van der Waals surface area contributed by atoms with Crippen molar-refractivity contribution in [2.75, 3.05) is 13.1 Å². The number of aromatic nitrogens is 3. The Balaban J connectivity index is 1.73. The highest BCUT2D eigenvalue weighted by Gasteiger charge is 2.28. The number of hydrogen-bond donors (Lipinski definition) is 1. The molecule has 1 aliphatic heterocycles. The first-order chi connectivity index (χ1) is 10.8. The van der Waals surface area contributed by atoms with E-state index in [9.17, 15) is 4.39 Å². The lowest BCUT2D eigenvalue weighted by molar-refractivity contribution is 0.305. The Labute approximate surface area is 126 Å². The van der Waals surface area contributed by atoms with Gasteiger partial charge in [0.2, 0.25) is 5.89 Å². The van der Waals surface area contributed by atoms with Gasteiger partial charge < -0.3 is 14.4 Å². The maximum atomic E-state index is 13.2. The summed E-state index contributed by atoms with van der Waals surface area (Å²) in [5.74, 6) is 1.28. The summed E-state index contributed by atoms with van der Waals surface area (Å²) in [7, 11) is 0. The molecule has 1 N–H and O–H groups in total. The van der Waals surface area contributed by atoms with Gasteiger partial charge in [-0.15, -0.1) is 0 Å². The molecule has 1 aliphatic rings. The molecule has 0 bridgehead atoms. The average Bonchev–Trinajstić information content (AvgIpc) is 3.12. The van der Waals surface area contributed by atoms with Crippen molar-refractivity contribution in [3.8, 4) is 0 Å². The third kappa shape index (κ3) is 2.31. The molecule has 1 atom stereocenters. The molecular weight excluding hydrogens is 283 g/mol. The van der Waals surface area contributed by atoms with Gasteiger partial charge in [-0.05, 0) is 29.8 Å². The maximum Gasteiger partial charge on any atom is 0.232 e. The second-order valence-corrected chi connectivity index (χ2v) is 5.43. The zero-order chi connectivity index (χ0) is 14.9. The van der Waals surface area contributed by atoms with E-state index >= 15 is 0 Å². The van der Waals surface area contributed by atoms with E-state index in [1.165, 1.54) is 12.1 Å². The van der Waals surface area contributed by atoms with Gasteiger partial charge in [0.25, 0.3) is 0 Å². The number of halogens is 1. The molecule has 1 saturated heterocycles. The van der Waals surface area contributed by atoms with Crippen LogP contribution in [0.5, 0.6) is 0 Å². The standard InChI is InChI=1S/C16H15FN4O/c17-13-5-3-11(4-6-13)14(21-7-1-2-8-21)15-19-16(22-20-15)12-9-18-10-12/h1-8,12,14,18H,9-10H2/t14-/m0/s1. The SMILES string of the molecule is Fc1ccc([C@@H](c2noc(C3CNC3)n2)n2cccc2)cc1. The highest BCUT2D eigenvalue weighted by molar-refractivity contribution is 5.27. The number of benzene rings is 1. The van der Waals surface area contributed by atoms with Gasteiger partial charge >= 0.3 is 0 Å². The molecule has 3 aromatic rings. The van der Waals surface area contributed by atoms with Gasteiger partial charge in [0.1, 0.15) is 11.9 Å². The fourth-order valence-electron chi connectivity index (χ4n) is 2.61. The second kappa shape index (κ2) is 5.38. The normalized spacial score (nSPS) is 16.4. The van der Waals surface area contributed by atoms with Crippen LogP contribution in [-0.2, 0) is 0 Å². The summed E-state index contributed by atoms with van der Waals surface area (Å²) in [4.78, 5) is 4.56. The highest BCUT2D eigenvalue weighted by Crippen LogP contribution is 2.27. The van der Waals surface area contributed by atoms with Crippen LogP contribution in [0.2, 0.25) is 0 Å². The minimum atomic E-state index is -0.260. The summed E-state index contributed by atoms with van der Waals surface area (Å²) in [5, 5.41) is 7.33. The molecule has 1 fully saturated rings. The predicted octanol–water partition coefficient (Wildman–Crippen LogP) is 2.33. The lowest BCUT2D eigenvalue weighted by Crippen LogP contribution is -2.40. The van der Waals surface area contributed by atoms with Gasteiger partial charge in [0.15, 0.2) is 5.82 Å². The van der Waals surface area contributed by atoms with Crippen molar-refractivity contribution in [1.29, 1.82) is 0 Å². The molecule has 0 spiro atoms. The topological polar surface area (TPSA) is 55.9 Å². The van der Waals surface area contributed by atoms with E-state index in [1.54, 1.807) is 12.1 Å². The first kappa shape index (κ1) is 13.2. The number of nitrogens with zero attached hydrogens (tertiary/aromatic N) is 3. The predicted molar refractivity (Wildman–Crippen MR) is 78.0 cm³/mol. The Morgan fingerprint density at radius 2 is 1.91 bits per heavy atom. The Kier molecular flexibility index (Phi) is 3.23. The van der Waals surface area contributed by atoms with Crippen molar-refractivity contribution in [2.45, 2.75) is 12.0 Å². The largest absolute Gasteiger partial charge is 0.339 e. The Morgan fingerprint density at radius 3 is 2.55 bits per heavy atom. The number of hydrogen-bond acceptors (Lipinski definition) is 4. The maximum absolute atomic E-state index is 13.2. The van der Waals surface area contributed by atoms with E-state index in [1.807, 2.05) is 29.1 Å². The molecule has 5 nitrogen and oxygen atoms in total. The van der Waals surface area contributed by atoms with Gasteiger partial charge in [-0.25, -0.2) is 4.39 Å². The molecule has 0 aliphatic carbocycles. The molecule has 22 heavy (non-hydrogen) atoms. The fourth-order valence-corrected chi connectivity index (χ4v) is 2.61. The van der Waals surface area contributed by atoms with Gasteiger partial charge in [-0.1, -0.05) is 17.3 Å². The van der Waals surface area contributed by atoms with Crippen LogP contribution < -0.4 is 5.32 Å². The number of rotatable bonds is 4. The molecule has 0 unspecified atom stereocenters. The van der Waals surface area contributed by atoms with Crippen molar-refractivity contribution in [3.63, 3.8) is 0 Å². The lowest BCUT2D eigenvalue weighted by Gasteiger charge is -2.22. The van der Waals surface area contributed by atoms with E-state index in [4.69, 9.17) is 4.52 Å². The second-order valence-electron chi connectivity index (χ2n) is 5.43. The molecule has 0 radical (unpaired) electrons. The molecule has 112 valence electrons. The monoisotopic (exact) mass is 298 g/mol. The van der Waals surface area contributed by atoms with E-state index in [2.05, 4.69) is 15.5 Å². The molecule has 3 heterocycles. The molecule has 1 aromatic carbocycles. The van der Waals surface area contributed by atoms with E-state index in [0.717, 1.165) is 18.7 Å². The van der Waals surface area contributed by atoms with E-state index < -0.39 is 0 Å². The first-order valence-corrected chi connectivity index (χ1v) is 7.23. The van der Waals surface area contributed by atoms with Crippen molar-refractivity contribution in [3.05, 3.63) is 71.9 Å². The van der Waals surface area contributed by atoms with E-state index in [-0.39, 0.29) is 11.9 Å². The third-order valence-corrected chi connectivity index (χ3v) is 3.94. The number of nitrogens with one attached hydrogen (secondary N) is 1. The summed E-state index contributed by atoms with van der Waals surface area (Å²) in [6.45, 7) is 1.73. The fraction of sp³-hybridized carbons (Fsp3) is 0.250. The highest BCUT2D eigenvalue weighted by atomic mass is 19.1. The van der Waals surface area contributed by atoms with Crippen molar-refractivity contribution in [2.24, 2.45) is 0 Å². The van der Waals surface area contributed by atoms with Crippen molar-refractivity contribution >= 4 is 0 Å². The van der Waals surface area contributed by atoms with Crippen LogP contribution in [0.3, 0.4) is 0 Å². The summed E-state index contributed by atoms with van der Waals surface area (Å²) in [6.07, 6.45) is 3.88. The third-order valence-electron chi connectivity index (χ3n) is 3.94. The van der Waals surface area contributed by atoms with Gasteiger partial charge in [0, 0.05) is 25.5 Å². The van der Waals surface area contributed by atoms with Crippen molar-refractivity contribution in [1.82, 2.24) is 20.0 Å². The Hall–Kier alpha value is -2.47. The van der Waals surface area contributed by atoms with Crippen LogP contribution in [0.4, 0.5) is 4.39 Å². The smallest absolute Gasteiger partial charge is 0.232 e. The molecule has 2 aromatic heterocycles. The van der Waals surface area contributed by atoms with Gasteiger partial charge in [-0.2, -0.15) is 4.98 Å². The van der Waals surface area contributed by atoms with Crippen LogP contribution in [0.25, 0.3) is 0 Å². The molecule has 0 saturated carbocycles. The van der Waals surface area contributed by atoms with E-state index in [0.29, 0.717) is 17.6 Å². The average molecular weight is 298 g/mol. The quantitative estimate of drug-likeness (QED) is 0.803. The van der Waals surface area contributed by atoms with Gasteiger partial charge in [0.05, 0.1) is 5.92 Å².